The summed E-state index contributed by atoms with van der Waals surface area (Å²) in [6.07, 6.45) is 4.08. The molecule has 1 aliphatic heterocycles. The third kappa shape index (κ3) is 4.45. The van der Waals surface area contributed by atoms with Crippen molar-refractivity contribution in [2.24, 2.45) is 0 Å². The van der Waals surface area contributed by atoms with E-state index in [-0.39, 0.29) is 0 Å². The standard InChI is InChI=1S/C21H31N9O/c1-5-16-18-19(30(27-16)11-12-31-6-2)20(28(4)17-7-8-22-14-24-17)26-21(25-18)29-10-9-23-15(3)13-29/h7-8,14-15,23H,5-6,9-13H2,1-4H3/t15-/m1/s1. The molecule has 1 atom stereocenters. The molecular weight excluding hydrogens is 394 g/mol. The lowest BCUT2D eigenvalue weighted by molar-refractivity contribution is 0.137. The monoisotopic (exact) mass is 425 g/mol. The molecule has 0 aliphatic carbocycles. The van der Waals surface area contributed by atoms with Gasteiger partial charge in [-0.25, -0.2) is 15.0 Å². The van der Waals surface area contributed by atoms with Crippen LogP contribution in [-0.4, -0.2) is 75.7 Å². The number of fused-ring (bicyclic) bond motifs is 1. The average molecular weight is 426 g/mol. The molecule has 4 rings (SSSR count). The molecule has 0 spiro atoms. The lowest BCUT2D eigenvalue weighted by Crippen LogP contribution is -2.49. The Labute approximate surface area is 182 Å². The zero-order chi connectivity index (χ0) is 21.8. The zero-order valence-electron chi connectivity index (χ0n) is 18.7. The molecule has 0 saturated carbocycles. The number of rotatable bonds is 8. The maximum absolute atomic E-state index is 5.59. The SMILES string of the molecule is CCOCCn1nc(CC)c2nc(N3CCN[C@H](C)C3)nc(N(C)c3ccncn3)c21. The van der Waals surface area contributed by atoms with Crippen molar-refractivity contribution in [1.82, 2.24) is 35.0 Å². The lowest BCUT2D eigenvalue weighted by atomic mass is 10.2. The second-order valence-electron chi connectivity index (χ2n) is 7.69. The number of anilines is 3. The minimum Gasteiger partial charge on any atom is -0.380 e. The smallest absolute Gasteiger partial charge is 0.228 e. The molecule has 10 nitrogen and oxygen atoms in total. The van der Waals surface area contributed by atoms with Gasteiger partial charge in [-0.3, -0.25) is 4.68 Å². The summed E-state index contributed by atoms with van der Waals surface area (Å²) in [6.45, 7) is 10.8. The van der Waals surface area contributed by atoms with Crippen LogP contribution in [0.15, 0.2) is 18.6 Å². The van der Waals surface area contributed by atoms with Gasteiger partial charge in [0.1, 0.15) is 23.2 Å². The van der Waals surface area contributed by atoms with E-state index in [1.807, 2.05) is 29.6 Å². The Hall–Kier alpha value is -2.85. The van der Waals surface area contributed by atoms with Crippen LogP contribution in [0.2, 0.25) is 0 Å². The highest BCUT2D eigenvalue weighted by Gasteiger charge is 2.25. The highest BCUT2D eigenvalue weighted by atomic mass is 16.5. The van der Waals surface area contributed by atoms with Gasteiger partial charge in [0.2, 0.25) is 5.95 Å². The third-order valence-electron chi connectivity index (χ3n) is 5.49. The zero-order valence-corrected chi connectivity index (χ0v) is 18.7. The van der Waals surface area contributed by atoms with E-state index in [4.69, 9.17) is 19.8 Å². The number of nitrogens with one attached hydrogen (secondary N) is 1. The Bertz CT molecular complexity index is 1010. The van der Waals surface area contributed by atoms with Gasteiger partial charge >= 0.3 is 0 Å². The minimum atomic E-state index is 0.385. The van der Waals surface area contributed by atoms with E-state index in [1.54, 1.807) is 12.5 Å². The highest BCUT2D eigenvalue weighted by Crippen LogP contribution is 2.32. The Morgan fingerprint density at radius 3 is 2.87 bits per heavy atom. The molecule has 3 aromatic rings. The predicted molar refractivity (Wildman–Crippen MR) is 121 cm³/mol. The largest absolute Gasteiger partial charge is 0.380 e. The van der Waals surface area contributed by atoms with Crippen LogP contribution in [0.5, 0.6) is 0 Å². The van der Waals surface area contributed by atoms with Gasteiger partial charge in [-0.1, -0.05) is 6.92 Å². The maximum atomic E-state index is 5.59. The van der Waals surface area contributed by atoms with Crippen molar-refractivity contribution in [2.75, 3.05) is 49.7 Å². The van der Waals surface area contributed by atoms with Crippen LogP contribution in [0, 0.1) is 0 Å². The van der Waals surface area contributed by atoms with E-state index >= 15 is 0 Å². The van der Waals surface area contributed by atoms with Crippen molar-refractivity contribution in [1.29, 1.82) is 0 Å². The molecule has 4 heterocycles. The summed E-state index contributed by atoms with van der Waals surface area (Å²) < 4.78 is 7.57. The van der Waals surface area contributed by atoms with Gasteiger partial charge < -0.3 is 19.9 Å². The summed E-state index contributed by atoms with van der Waals surface area (Å²) in [6, 6.07) is 2.26. The second-order valence-corrected chi connectivity index (χ2v) is 7.69. The van der Waals surface area contributed by atoms with E-state index in [2.05, 4.69) is 34.0 Å². The molecule has 1 aliphatic rings. The van der Waals surface area contributed by atoms with Crippen molar-refractivity contribution < 1.29 is 4.74 Å². The molecular formula is C21H31N9O. The molecule has 0 radical (unpaired) electrons. The first-order valence-electron chi connectivity index (χ1n) is 11.0. The molecule has 0 amide bonds. The van der Waals surface area contributed by atoms with Gasteiger partial charge in [0.15, 0.2) is 5.82 Å². The third-order valence-corrected chi connectivity index (χ3v) is 5.49. The number of piperazine rings is 1. The molecule has 31 heavy (non-hydrogen) atoms. The van der Waals surface area contributed by atoms with Crippen LogP contribution in [0.4, 0.5) is 17.6 Å². The Balaban J connectivity index is 1.86. The number of hydrogen-bond donors (Lipinski definition) is 1. The van der Waals surface area contributed by atoms with Gasteiger partial charge in [-0.15, -0.1) is 0 Å². The minimum absolute atomic E-state index is 0.385. The van der Waals surface area contributed by atoms with Crippen molar-refractivity contribution in [3.05, 3.63) is 24.3 Å². The van der Waals surface area contributed by atoms with Gasteiger partial charge in [0, 0.05) is 45.5 Å². The quantitative estimate of drug-likeness (QED) is 0.542. The van der Waals surface area contributed by atoms with Crippen LogP contribution >= 0.6 is 0 Å². The Morgan fingerprint density at radius 2 is 2.16 bits per heavy atom. The second kappa shape index (κ2) is 9.52. The van der Waals surface area contributed by atoms with Crippen molar-refractivity contribution in [2.45, 2.75) is 39.8 Å². The fraction of sp³-hybridized carbons (Fsp3) is 0.571. The van der Waals surface area contributed by atoms with Gasteiger partial charge in [0.25, 0.3) is 0 Å². The van der Waals surface area contributed by atoms with Crippen LogP contribution in [-0.2, 0) is 17.7 Å². The molecule has 166 valence electrons. The molecule has 0 unspecified atom stereocenters. The predicted octanol–water partition coefficient (Wildman–Crippen LogP) is 1.78. The molecule has 1 saturated heterocycles. The van der Waals surface area contributed by atoms with Gasteiger partial charge in [-0.05, 0) is 26.3 Å². The number of aryl methyl sites for hydroxylation is 1. The number of ether oxygens (including phenoxy) is 1. The van der Waals surface area contributed by atoms with Crippen LogP contribution in [0.25, 0.3) is 11.0 Å². The molecule has 0 aromatic carbocycles. The molecule has 3 aromatic heterocycles. The highest BCUT2D eigenvalue weighted by molar-refractivity contribution is 5.91. The summed E-state index contributed by atoms with van der Waals surface area (Å²) in [4.78, 5) is 22.7. The first kappa shape index (κ1) is 21.4. The average Bonchev–Trinajstić information content (AvgIpc) is 3.16. The lowest BCUT2D eigenvalue weighted by Gasteiger charge is -2.32. The van der Waals surface area contributed by atoms with Crippen LogP contribution in [0.1, 0.15) is 26.5 Å². The van der Waals surface area contributed by atoms with E-state index in [1.165, 1.54) is 0 Å². The summed E-state index contributed by atoms with van der Waals surface area (Å²) in [5.41, 5.74) is 2.77. The number of aromatic nitrogens is 6. The number of nitrogens with zero attached hydrogens (tertiary/aromatic N) is 8. The van der Waals surface area contributed by atoms with Crippen LogP contribution < -0.4 is 15.1 Å². The number of hydrogen-bond acceptors (Lipinski definition) is 9. The van der Waals surface area contributed by atoms with Gasteiger partial charge in [-0.2, -0.15) is 10.1 Å². The Morgan fingerprint density at radius 1 is 1.29 bits per heavy atom. The summed E-state index contributed by atoms with van der Waals surface area (Å²) >= 11 is 0. The van der Waals surface area contributed by atoms with E-state index in [0.29, 0.717) is 25.8 Å². The normalized spacial score (nSPS) is 16.8. The van der Waals surface area contributed by atoms with Gasteiger partial charge in [0.05, 0.1) is 18.8 Å². The summed E-state index contributed by atoms with van der Waals surface area (Å²) in [5, 5.41) is 8.34. The molecule has 10 heteroatoms. The molecule has 1 N–H and O–H groups in total. The summed E-state index contributed by atoms with van der Waals surface area (Å²) in [7, 11) is 1.97. The summed E-state index contributed by atoms with van der Waals surface area (Å²) in [5.74, 6) is 2.29. The maximum Gasteiger partial charge on any atom is 0.228 e. The van der Waals surface area contributed by atoms with Crippen molar-refractivity contribution in [3.8, 4) is 0 Å². The topological polar surface area (TPSA) is 97.1 Å². The van der Waals surface area contributed by atoms with E-state index < -0.39 is 0 Å². The van der Waals surface area contributed by atoms with E-state index in [9.17, 15) is 0 Å². The van der Waals surface area contributed by atoms with Crippen molar-refractivity contribution >= 4 is 28.6 Å². The van der Waals surface area contributed by atoms with Crippen molar-refractivity contribution in [3.63, 3.8) is 0 Å². The molecule has 0 bridgehead atoms. The first-order valence-corrected chi connectivity index (χ1v) is 11.0. The van der Waals surface area contributed by atoms with E-state index in [0.717, 1.165) is 60.4 Å². The Kier molecular flexibility index (Phi) is 6.57. The fourth-order valence-corrected chi connectivity index (χ4v) is 3.89. The molecule has 1 fully saturated rings. The first-order chi connectivity index (χ1) is 15.1. The fourth-order valence-electron chi connectivity index (χ4n) is 3.89. The van der Waals surface area contributed by atoms with Crippen LogP contribution in [0.3, 0.4) is 0 Å².